The summed E-state index contributed by atoms with van der Waals surface area (Å²) in [7, 11) is 0. The van der Waals surface area contributed by atoms with Gasteiger partial charge in [0.15, 0.2) is 0 Å². The molecule has 1 aliphatic rings. The van der Waals surface area contributed by atoms with Crippen molar-refractivity contribution in [1.29, 1.82) is 0 Å². The molecule has 0 aromatic rings. The van der Waals surface area contributed by atoms with Gasteiger partial charge in [0.1, 0.15) is 6.04 Å². The first kappa shape index (κ1) is 16.4. The lowest BCUT2D eigenvalue weighted by atomic mass is 9.90. The summed E-state index contributed by atoms with van der Waals surface area (Å²) in [5, 5.41) is 14.6. The van der Waals surface area contributed by atoms with Crippen molar-refractivity contribution >= 4 is 17.8 Å². The number of hydrogen-bond acceptors (Lipinski definition) is 4. The molecule has 0 bridgehead atoms. The van der Waals surface area contributed by atoms with E-state index in [1.807, 2.05) is 0 Å². The molecular formula is C13H23N3O4. The van der Waals surface area contributed by atoms with E-state index in [1.165, 1.54) is 0 Å². The molecule has 5 N–H and O–H groups in total. The summed E-state index contributed by atoms with van der Waals surface area (Å²) in [4.78, 5) is 33.8. The third kappa shape index (κ3) is 5.16. The van der Waals surface area contributed by atoms with E-state index in [0.29, 0.717) is 12.3 Å². The average Bonchev–Trinajstić information content (AvgIpc) is 2.42. The van der Waals surface area contributed by atoms with E-state index in [1.54, 1.807) is 0 Å². The largest absolute Gasteiger partial charge is 0.480 e. The van der Waals surface area contributed by atoms with Crippen LogP contribution >= 0.6 is 0 Å². The van der Waals surface area contributed by atoms with Gasteiger partial charge in [-0.15, -0.1) is 0 Å². The minimum atomic E-state index is -1.15. The van der Waals surface area contributed by atoms with Crippen molar-refractivity contribution < 1.29 is 19.5 Å². The number of primary amides is 1. The third-order valence-corrected chi connectivity index (χ3v) is 3.70. The zero-order valence-electron chi connectivity index (χ0n) is 11.7. The van der Waals surface area contributed by atoms with Crippen molar-refractivity contribution in [3.05, 3.63) is 0 Å². The summed E-state index contributed by atoms with van der Waals surface area (Å²) in [5.74, 6) is -1.56. The molecule has 1 fully saturated rings. The smallest absolute Gasteiger partial charge is 0.326 e. The fourth-order valence-corrected chi connectivity index (χ4v) is 2.38. The Kier molecular flexibility index (Phi) is 6.44. The Hall–Kier alpha value is -1.63. The second kappa shape index (κ2) is 7.84. The molecule has 0 aromatic heterocycles. The van der Waals surface area contributed by atoms with E-state index in [9.17, 15) is 14.4 Å². The van der Waals surface area contributed by atoms with Gasteiger partial charge in [0.25, 0.3) is 0 Å². The van der Waals surface area contributed by atoms with Crippen LogP contribution < -0.4 is 16.4 Å². The van der Waals surface area contributed by atoms with Crippen LogP contribution in [0.25, 0.3) is 0 Å². The Morgan fingerprint density at radius 1 is 1.45 bits per heavy atom. The van der Waals surface area contributed by atoms with Gasteiger partial charge in [-0.2, -0.15) is 0 Å². The van der Waals surface area contributed by atoms with E-state index in [4.69, 9.17) is 10.8 Å². The minimum Gasteiger partial charge on any atom is -0.480 e. The molecule has 2 amide bonds. The van der Waals surface area contributed by atoms with Gasteiger partial charge in [0.05, 0.1) is 6.04 Å². The molecule has 114 valence electrons. The predicted molar refractivity (Wildman–Crippen MR) is 72.8 cm³/mol. The maximum atomic E-state index is 12.1. The van der Waals surface area contributed by atoms with Crippen LogP contribution in [0.1, 0.15) is 39.0 Å². The van der Waals surface area contributed by atoms with Crippen molar-refractivity contribution in [2.75, 3.05) is 6.54 Å². The number of carbonyl (C=O) groups is 3. The number of carbonyl (C=O) groups excluding carboxylic acids is 2. The lowest BCUT2D eigenvalue weighted by Crippen LogP contribution is -2.53. The highest BCUT2D eigenvalue weighted by Gasteiger charge is 2.29. The second-order valence-corrected chi connectivity index (χ2v) is 5.21. The molecular weight excluding hydrogens is 262 g/mol. The van der Waals surface area contributed by atoms with Crippen molar-refractivity contribution in [3.8, 4) is 0 Å². The van der Waals surface area contributed by atoms with E-state index in [0.717, 1.165) is 19.4 Å². The predicted octanol–water partition coefficient (Wildman–Crippen LogP) is -0.400. The quantitative estimate of drug-likeness (QED) is 0.507. The standard InChI is InChI=1S/C13H23N3O4/c1-2-8-5-6-15-10(7-8)12(18)16-9(13(19)20)3-4-11(14)17/h8-10,15H,2-7H2,1H3,(H2,14,17)(H,16,18)(H,19,20). The second-order valence-electron chi connectivity index (χ2n) is 5.21. The molecule has 1 rings (SSSR count). The maximum Gasteiger partial charge on any atom is 0.326 e. The maximum absolute atomic E-state index is 12.1. The third-order valence-electron chi connectivity index (χ3n) is 3.70. The SMILES string of the molecule is CCC1CCNC(C(=O)NC(CCC(N)=O)C(=O)O)C1. The minimum absolute atomic E-state index is 0.0142. The highest BCUT2D eigenvalue weighted by Crippen LogP contribution is 2.19. The average molecular weight is 285 g/mol. The number of nitrogens with one attached hydrogen (secondary N) is 2. The van der Waals surface area contributed by atoms with Gasteiger partial charge in [-0.25, -0.2) is 4.79 Å². The summed E-state index contributed by atoms with van der Waals surface area (Å²) >= 11 is 0. The van der Waals surface area contributed by atoms with Crippen LogP contribution in [0.3, 0.4) is 0 Å². The van der Waals surface area contributed by atoms with Crippen molar-refractivity contribution in [1.82, 2.24) is 10.6 Å². The zero-order chi connectivity index (χ0) is 15.1. The number of piperidine rings is 1. The van der Waals surface area contributed by atoms with Crippen LogP contribution in [0.4, 0.5) is 0 Å². The molecule has 0 aliphatic carbocycles. The topological polar surface area (TPSA) is 122 Å². The van der Waals surface area contributed by atoms with Crippen LogP contribution in [0.15, 0.2) is 0 Å². The summed E-state index contributed by atoms with van der Waals surface area (Å²) < 4.78 is 0. The Morgan fingerprint density at radius 2 is 2.15 bits per heavy atom. The lowest BCUT2D eigenvalue weighted by Gasteiger charge is -2.29. The Balaban J connectivity index is 2.52. The van der Waals surface area contributed by atoms with Gasteiger partial charge < -0.3 is 21.5 Å². The molecule has 0 saturated carbocycles. The number of aliphatic carboxylic acids is 1. The van der Waals surface area contributed by atoms with E-state index < -0.39 is 17.9 Å². The van der Waals surface area contributed by atoms with Crippen LogP contribution in [-0.4, -0.2) is 41.5 Å². The van der Waals surface area contributed by atoms with Crippen molar-refractivity contribution in [2.24, 2.45) is 11.7 Å². The fraction of sp³-hybridized carbons (Fsp3) is 0.769. The van der Waals surface area contributed by atoms with Gasteiger partial charge in [-0.05, 0) is 31.7 Å². The molecule has 20 heavy (non-hydrogen) atoms. The normalized spacial score (nSPS) is 23.9. The van der Waals surface area contributed by atoms with Gasteiger partial charge in [0.2, 0.25) is 11.8 Å². The molecule has 1 aliphatic heterocycles. The number of carboxylic acid groups (broad SMARTS) is 1. The first-order valence-electron chi connectivity index (χ1n) is 6.98. The summed E-state index contributed by atoms with van der Waals surface area (Å²) in [5.41, 5.74) is 4.99. The van der Waals surface area contributed by atoms with Gasteiger partial charge in [-0.1, -0.05) is 13.3 Å². The van der Waals surface area contributed by atoms with Gasteiger partial charge in [-0.3, -0.25) is 9.59 Å². The van der Waals surface area contributed by atoms with Crippen molar-refractivity contribution in [3.63, 3.8) is 0 Å². The summed E-state index contributed by atoms with van der Waals surface area (Å²) in [6, 6.07) is -1.43. The van der Waals surface area contributed by atoms with E-state index in [2.05, 4.69) is 17.6 Å². The lowest BCUT2D eigenvalue weighted by molar-refractivity contribution is -0.142. The molecule has 1 saturated heterocycles. The monoisotopic (exact) mass is 285 g/mol. The molecule has 7 nitrogen and oxygen atoms in total. The Bertz CT molecular complexity index is 373. The number of amides is 2. The van der Waals surface area contributed by atoms with Crippen LogP contribution in [0, 0.1) is 5.92 Å². The number of carboxylic acids is 1. The van der Waals surface area contributed by atoms with Gasteiger partial charge in [0, 0.05) is 6.42 Å². The number of rotatable bonds is 7. The summed E-state index contributed by atoms with van der Waals surface area (Å²) in [6.45, 7) is 2.84. The highest BCUT2D eigenvalue weighted by atomic mass is 16.4. The Labute approximate surface area is 118 Å². The van der Waals surface area contributed by atoms with E-state index >= 15 is 0 Å². The zero-order valence-corrected chi connectivity index (χ0v) is 11.7. The highest BCUT2D eigenvalue weighted by molar-refractivity contribution is 5.87. The van der Waals surface area contributed by atoms with Crippen LogP contribution in [-0.2, 0) is 14.4 Å². The number of nitrogens with two attached hydrogens (primary N) is 1. The first-order valence-corrected chi connectivity index (χ1v) is 6.98. The Morgan fingerprint density at radius 3 is 2.70 bits per heavy atom. The van der Waals surface area contributed by atoms with Crippen LogP contribution in [0.2, 0.25) is 0 Å². The molecule has 0 aromatic carbocycles. The molecule has 1 heterocycles. The van der Waals surface area contributed by atoms with Crippen molar-refractivity contribution in [2.45, 2.75) is 51.1 Å². The molecule has 0 radical (unpaired) electrons. The fourth-order valence-electron chi connectivity index (χ4n) is 2.38. The van der Waals surface area contributed by atoms with E-state index in [-0.39, 0.29) is 24.8 Å². The molecule has 7 heteroatoms. The van der Waals surface area contributed by atoms with Crippen LogP contribution in [0.5, 0.6) is 0 Å². The first-order chi connectivity index (χ1) is 9.43. The summed E-state index contributed by atoms with van der Waals surface area (Å²) in [6.07, 6.45) is 2.71. The molecule has 3 atom stereocenters. The molecule has 0 spiro atoms. The molecule has 3 unspecified atom stereocenters. The number of hydrogen-bond donors (Lipinski definition) is 4. The van der Waals surface area contributed by atoms with Gasteiger partial charge >= 0.3 is 5.97 Å².